The van der Waals surface area contributed by atoms with Crippen LogP contribution in [0.25, 0.3) is 0 Å². The molecule has 0 atom stereocenters. The fourth-order valence-corrected chi connectivity index (χ4v) is 1.42. The van der Waals surface area contributed by atoms with Crippen molar-refractivity contribution in [3.8, 4) is 0 Å². The molecule has 0 bridgehead atoms. The van der Waals surface area contributed by atoms with E-state index in [0.29, 0.717) is 24.6 Å². The number of aryl methyl sites for hydroxylation is 1. The molecular weight excluding hydrogens is 220 g/mol. The summed E-state index contributed by atoms with van der Waals surface area (Å²) in [4.78, 5) is 11.5. The van der Waals surface area contributed by atoms with Crippen LogP contribution in [0.3, 0.4) is 0 Å². The minimum Gasteiger partial charge on any atom is -0.398 e. The Morgan fingerprint density at radius 1 is 1.59 bits per heavy atom. The summed E-state index contributed by atoms with van der Waals surface area (Å²) < 4.78 is 10.2. The predicted octanol–water partition coefficient (Wildman–Crippen LogP) is 0.931. The fourth-order valence-electron chi connectivity index (χ4n) is 1.42. The van der Waals surface area contributed by atoms with Gasteiger partial charge in [-0.05, 0) is 24.6 Å². The van der Waals surface area contributed by atoms with Crippen molar-refractivity contribution < 1.29 is 14.3 Å². The highest BCUT2D eigenvalue weighted by Gasteiger charge is 2.19. The monoisotopic (exact) mass is 236 g/mol. The summed E-state index contributed by atoms with van der Waals surface area (Å²) in [6, 6.07) is 5.42. The van der Waals surface area contributed by atoms with Crippen LogP contribution in [-0.4, -0.2) is 31.8 Å². The van der Waals surface area contributed by atoms with E-state index in [1.54, 1.807) is 6.07 Å². The number of hydrogen-bond acceptors (Lipinski definition) is 4. The highest BCUT2D eigenvalue weighted by molar-refractivity contribution is 5.92. The number of nitrogens with two attached hydrogens (primary N) is 1. The maximum Gasteiger partial charge on any atom is 0.250 e. The molecule has 1 amide bonds. The number of carbonyl (C=O) groups excluding carboxylic acids is 1. The summed E-state index contributed by atoms with van der Waals surface area (Å²) in [5, 5.41) is 2.73. The lowest BCUT2D eigenvalue weighted by Gasteiger charge is -2.25. The highest BCUT2D eigenvalue weighted by atomic mass is 16.6. The van der Waals surface area contributed by atoms with Gasteiger partial charge in [0.05, 0.1) is 13.2 Å². The van der Waals surface area contributed by atoms with Gasteiger partial charge in [-0.3, -0.25) is 4.79 Å². The number of hydrogen-bond donors (Lipinski definition) is 2. The third-order valence-electron chi connectivity index (χ3n) is 2.62. The molecule has 1 aromatic rings. The van der Waals surface area contributed by atoms with Crippen LogP contribution in [0.1, 0.15) is 5.56 Å². The molecule has 1 aromatic carbocycles. The van der Waals surface area contributed by atoms with Gasteiger partial charge in [0, 0.05) is 11.4 Å². The molecule has 1 fully saturated rings. The van der Waals surface area contributed by atoms with Gasteiger partial charge in [-0.15, -0.1) is 0 Å². The minimum absolute atomic E-state index is 0.0435. The van der Waals surface area contributed by atoms with Crippen molar-refractivity contribution in [2.75, 3.05) is 30.9 Å². The Labute approximate surface area is 99.9 Å². The van der Waals surface area contributed by atoms with Crippen molar-refractivity contribution in [2.45, 2.75) is 13.0 Å². The Morgan fingerprint density at radius 2 is 2.35 bits per heavy atom. The summed E-state index contributed by atoms with van der Waals surface area (Å²) in [7, 11) is 0. The lowest BCUT2D eigenvalue weighted by molar-refractivity contribution is -0.144. The minimum atomic E-state index is -0.180. The van der Waals surface area contributed by atoms with Gasteiger partial charge in [-0.2, -0.15) is 0 Å². The van der Waals surface area contributed by atoms with E-state index in [1.807, 2.05) is 19.1 Å². The normalized spacial score (nSPS) is 15.4. The second kappa shape index (κ2) is 5.16. The molecule has 0 aromatic heterocycles. The molecule has 0 spiro atoms. The number of nitrogens with one attached hydrogen (secondary N) is 1. The van der Waals surface area contributed by atoms with E-state index >= 15 is 0 Å². The van der Waals surface area contributed by atoms with Gasteiger partial charge < -0.3 is 20.5 Å². The zero-order chi connectivity index (χ0) is 12.3. The van der Waals surface area contributed by atoms with E-state index in [1.165, 1.54) is 0 Å². The highest BCUT2D eigenvalue weighted by Crippen LogP contribution is 2.16. The van der Waals surface area contributed by atoms with Gasteiger partial charge in [0.1, 0.15) is 12.7 Å². The Morgan fingerprint density at radius 3 is 2.94 bits per heavy atom. The molecule has 5 heteroatoms. The summed E-state index contributed by atoms with van der Waals surface area (Å²) in [5.74, 6) is -0.180. The summed E-state index contributed by atoms with van der Waals surface area (Å²) in [5.41, 5.74) is 8.09. The second-order valence-electron chi connectivity index (χ2n) is 4.09. The van der Waals surface area contributed by atoms with Crippen LogP contribution < -0.4 is 11.1 Å². The summed E-state index contributed by atoms with van der Waals surface area (Å²) in [6.45, 7) is 3.11. The summed E-state index contributed by atoms with van der Waals surface area (Å²) >= 11 is 0. The Bertz CT molecular complexity index is 416. The Balaban J connectivity index is 1.82. The number of amides is 1. The van der Waals surface area contributed by atoms with Crippen LogP contribution >= 0.6 is 0 Å². The van der Waals surface area contributed by atoms with E-state index in [9.17, 15) is 4.79 Å². The van der Waals surface area contributed by atoms with Crippen molar-refractivity contribution >= 4 is 17.3 Å². The zero-order valence-corrected chi connectivity index (χ0v) is 9.73. The Kier molecular flexibility index (Phi) is 3.61. The number of anilines is 2. The topological polar surface area (TPSA) is 73.6 Å². The van der Waals surface area contributed by atoms with Crippen molar-refractivity contribution in [3.05, 3.63) is 23.8 Å². The van der Waals surface area contributed by atoms with Crippen LogP contribution in [0.5, 0.6) is 0 Å². The van der Waals surface area contributed by atoms with E-state index in [4.69, 9.17) is 15.2 Å². The first-order chi connectivity index (χ1) is 8.15. The van der Waals surface area contributed by atoms with E-state index in [0.717, 1.165) is 5.56 Å². The number of carbonyl (C=O) groups is 1. The Hall–Kier alpha value is -1.59. The smallest absolute Gasteiger partial charge is 0.250 e. The molecule has 0 aliphatic carbocycles. The lowest BCUT2D eigenvalue weighted by atomic mass is 10.2. The van der Waals surface area contributed by atoms with Crippen LogP contribution in [0, 0.1) is 6.92 Å². The average molecular weight is 236 g/mol. The molecular formula is C12H16N2O3. The first-order valence-corrected chi connectivity index (χ1v) is 5.50. The molecule has 5 nitrogen and oxygen atoms in total. The van der Waals surface area contributed by atoms with Crippen molar-refractivity contribution in [1.29, 1.82) is 0 Å². The van der Waals surface area contributed by atoms with E-state index < -0.39 is 0 Å². The number of ether oxygens (including phenoxy) is 2. The number of rotatable bonds is 4. The fraction of sp³-hybridized carbons (Fsp3) is 0.417. The molecule has 2 rings (SSSR count). The molecule has 1 aliphatic heterocycles. The van der Waals surface area contributed by atoms with Crippen LogP contribution in [0.4, 0.5) is 11.4 Å². The summed E-state index contributed by atoms with van der Waals surface area (Å²) in [6.07, 6.45) is 0.0591. The largest absolute Gasteiger partial charge is 0.398 e. The molecule has 0 radical (unpaired) electrons. The quantitative estimate of drug-likeness (QED) is 0.763. The SMILES string of the molecule is Cc1ccc(NC(=O)COC2COC2)cc1N. The van der Waals surface area contributed by atoms with Gasteiger partial charge in [0.15, 0.2) is 0 Å². The van der Waals surface area contributed by atoms with Crippen LogP contribution in [0.15, 0.2) is 18.2 Å². The third kappa shape index (κ3) is 3.18. The van der Waals surface area contributed by atoms with Gasteiger partial charge in [-0.1, -0.05) is 6.07 Å². The first-order valence-electron chi connectivity index (χ1n) is 5.50. The molecule has 0 unspecified atom stereocenters. The third-order valence-corrected chi connectivity index (χ3v) is 2.62. The molecule has 1 heterocycles. The van der Waals surface area contributed by atoms with E-state index in [2.05, 4.69) is 5.32 Å². The molecule has 0 saturated carbocycles. The van der Waals surface area contributed by atoms with Gasteiger partial charge in [0.25, 0.3) is 0 Å². The molecule has 92 valence electrons. The second-order valence-corrected chi connectivity index (χ2v) is 4.09. The first kappa shape index (κ1) is 11.9. The van der Waals surface area contributed by atoms with Crippen molar-refractivity contribution in [2.24, 2.45) is 0 Å². The van der Waals surface area contributed by atoms with Gasteiger partial charge in [-0.25, -0.2) is 0 Å². The van der Waals surface area contributed by atoms with Crippen LogP contribution in [0.2, 0.25) is 0 Å². The van der Waals surface area contributed by atoms with Gasteiger partial charge >= 0.3 is 0 Å². The number of benzene rings is 1. The van der Waals surface area contributed by atoms with Gasteiger partial charge in [0.2, 0.25) is 5.91 Å². The average Bonchev–Trinajstić information content (AvgIpc) is 2.21. The van der Waals surface area contributed by atoms with Crippen molar-refractivity contribution in [3.63, 3.8) is 0 Å². The zero-order valence-electron chi connectivity index (χ0n) is 9.73. The molecule has 1 saturated heterocycles. The maximum atomic E-state index is 11.5. The molecule has 1 aliphatic rings. The lowest BCUT2D eigenvalue weighted by Crippen LogP contribution is -2.38. The van der Waals surface area contributed by atoms with Crippen molar-refractivity contribution in [1.82, 2.24) is 0 Å². The number of nitrogen functional groups attached to an aromatic ring is 1. The molecule has 17 heavy (non-hydrogen) atoms. The molecule has 3 N–H and O–H groups in total. The standard InChI is InChI=1S/C12H16N2O3/c1-8-2-3-9(4-11(8)13)14-12(15)7-17-10-5-16-6-10/h2-4,10H,5-7,13H2,1H3,(H,14,15). The maximum absolute atomic E-state index is 11.5. The predicted molar refractivity (Wildman–Crippen MR) is 64.8 cm³/mol. The van der Waals surface area contributed by atoms with E-state index in [-0.39, 0.29) is 18.6 Å². The van der Waals surface area contributed by atoms with Crippen LogP contribution in [-0.2, 0) is 14.3 Å².